The Hall–Kier alpha value is -4.89. The number of hydrogen-bond donors (Lipinski definition) is 3. The summed E-state index contributed by atoms with van der Waals surface area (Å²) in [6.45, 7) is 1.94. The van der Waals surface area contributed by atoms with Crippen LogP contribution in [-0.2, 0) is 9.59 Å². The molecule has 9 heteroatoms. The topological polar surface area (TPSA) is 109 Å². The molecule has 0 fully saturated rings. The van der Waals surface area contributed by atoms with Gasteiger partial charge in [-0.1, -0.05) is 49.4 Å². The predicted molar refractivity (Wildman–Crippen MR) is 163 cm³/mol. The average Bonchev–Trinajstić information content (AvgIpc) is 3.00. The molecule has 1 aromatic heterocycles. The molecule has 4 aromatic rings. The van der Waals surface area contributed by atoms with Crippen molar-refractivity contribution in [3.63, 3.8) is 0 Å². The number of ether oxygens (including phenoxy) is 1. The van der Waals surface area contributed by atoms with Gasteiger partial charge in [0.2, 0.25) is 5.91 Å². The van der Waals surface area contributed by atoms with Crippen LogP contribution in [0, 0.1) is 0 Å². The Morgan fingerprint density at radius 3 is 2.44 bits per heavy atom. The minimum Gasteiger partial charge on any atom is -0.495 e. The number of aromatic nitrogens is 1. The van der Waals surface area contributed by atoms with Gasteiger partial charge in [0.1, 0.15) is 11.4 Å². The zero-order valence-electron chi connectivity index (χ0n) is 22.7. The molecule has 4 rings (SSSR count). The number of para-hydroxylation sites is 2. The van der Waals surface area contributed by atoms with Gasteiger partial charge in [-0.15, -0.1) is 11.8 Å². The van der Waals surface area contributed by atoms with Crippen LogP contribution >= 0.6 is 11.8 Å². The van der Waals surface area contributed by atoms with Crippen molar-refractivity contribution < 1.29 is 19.1 Å². The minimum atomic E-state index is -0.499. The van der Waals surface area contributed by atoms with Crippen molar-refractivity contribution in [2.24, 2.45) is 0 Å². The van der Waals surface area contributed by atoms with Gasteiger partial charge >= 0.3 is 0 Å². The average molecular weight is 567 g/mol. The molecule has 1 heterocycles. The van der Waals surface area contributed by atoms with Gasteiger partial charge in [0.05, 0.1) is 18.0 Å². The second kappa shape index (κ2) is 14.5. The van der Waals surface area contributed by atoms with Crippen LogP contribution in [0.2, 0.25) is 0 Å². The van der Waals surface area contributed by atoms with Crippen LogP contribution in [0.25, 0.3) is 6.08 Å². The Balaban J connectivity index is 1.48. The van der Waals surface area contributed by atoms with E-state index >= 15 is 0 Å². The molecule has 41 heavy (non-hydrogen) atoms. The molecule has 0 aliphatic heterocycles. The van der Waals surface area contributed by atoms with E-state index in [1.165, 1.54) is 11.8 Å². The zero-order valence-corrected chi connectivity index (χ0v) is 23.5. The number of nitrogens with zero attached hydrogens (tertiary/aromatic N) is 1. The van der Waals surface area contributed by atoms with Crippen LogP contribution in [0.4, 0.5) is 11.4 Å². The molecule has 208 valence electrons. The van der Waals surface area contributed by atoms with E-state index in [0.29, 0.717) is 34.7 Å². The Morgan fingerprint density at radius 1 is 0.927 bits per heavy atom. The normalized spacial score (nSPS) is 11.7. The molecular formula is C32H30N4O4S. The number of anilines is 2. The van der Waals surface area contributed by atoms with Crippen molar-refractivity contribution >= 4 is 46.9 Å². The fourth-order valence-electron chi connectivity index (χ4n) is 3.86. The molecule has 0 aliphatic carbocycles. The lowest BCUT2D eigenvalue weighted by molar-refractivity contribution is -0.116. The van der Waals surface area contributed by atoms with Crippen LogP contribution < -0.4 is 20.7 Å². The van der Waals surface area contributed by atoms with Gasteiger partial charge in [-0.05, 0) is 66.6 Å². The van der Waals surface area contributed by atoms with Crippen molar-refractivity contribution in [1.82, 2.24) is 10.3 Å². The van der Waals surface area contributed by atoms with Gasteiger partial charge in [-0.25, -0.2) is 0 Å². The smallest absolute Gasteiger partial charge is 0.272 e. The van der Waals surface area contributed by atoms with Crippen LogP contribution in [0.1, 0.15) is 29.3 Å². The standard InChI is InChI=1S/C32H30N4O4S/c1-3-29(32(39)35-26-16-7-8-17-28(26)40-2)41-25-15-9-14-24(20-25)34-31(38)27(19-22-11-10-18-33-21-22)36-30(37)23-12-5-4-6-13-23/h4-21,29H,3H2,1-2H3,(H,34,38)(H,35,39)(H,36,37)/b27-19-. The maximum absolute atomic E-state index is 13.3. The fourth-order valence-corrected chi connectivity index (χ4v) is 4.88. The summed E-state index contributed by atoms with van der Waals surface area (Å²) < 4.78 is 5.34. The summed E-state index contributed by atoms with van der Waals surface area (Å²) in [6.07, 6.45) is 5.38. The lowest BCUT2D eigenvalue weighted by Gasteiger charge is -2.17. The van der Waals surface area contributed by atoms with Crippen LogP contribution in [-0.4, -0.2) is 35.1 Å². The third kappa shape index (κ3) is 8.30. The first-order valence-corrected chi connectivity index (χ1v) is 13.8. The summed E-state index contributed by atoms with van der Waals surface area (Å²) in [7, 11) is 1.56. The van der Waals surface area contributed by atoms with Crippen LogP contribution in [0.5, 0.6) is 5.75 Å². The number of carbonyl (C=O) groups excluding carboxylic acids is 3. The summed E-state index contributed by atoms with van der Waals surface area (Å²) >= 11 is 1.39. The van der Waals surface area contributed by atoms with E-state index < -0.39 is 11.8 Å². The predicted octanol–water partition coefficient (Wildman–Crippen LogP) is 6.01. The molecule has 0 radical (unpaired) electrons. The maximum atomic E-state index is 13.3. The van der Waals surface area contributed by atoms with Crippen LogP contribution in [0.3, 0.4) is 0 Å². The monoisotopic (exact) mass is 566 g/mol. The molecule has 1 atom stereocenters. The minimum absolute atomic E-state index is 0.0625. The summed E-state index contributed by atoms with van der Waals surface area (Å²) in [5, 5.41) is 8.15. The summed E-state index contributed by atoms with van der Waals surface area (Å²) in [4.78, 5) is 44.1. The number of nitrogens with one attached hydrogen (secondary N) is 3. The zero-order chi connectivity index (χ0) is 29.0. The number of carbonyl (C=O) groups is 3. The molecule has 3 aromatic carbocycles. The van der Waals surface area contributed by atoms with E-state index in [4.69, 9.17) is 4.74 Å². The van der Waals surface area contributed by atoms with E-state index in [0.717, 1.165) is 4.90 Å². The van der Waals surface area contributed by atoms with E-state index in [2.05, 4.69) is 20.9 Å². The van der Waals surface area contributed by atoms with Crippen molar-refractivity contribution in [3.05, 3.63) is 120 Å². The Kier molecular flexibility index (Phi) is 10.3. The van der Waals surface area contributed by atoms with E-state index in [9.17, 15) is 14.4 Å². The second-order valence-corrected chi connectivity index (χ2v) is 10.1. The van der Waals surface area contributed by atoms with Gasteiger partial charge < -0.3 is 20.7 Å². The van der Waals surface area contributed by atoms with Crippen molar-refractivity contribution in [1.29, 1.82) is 0 Å². The SMILES string of the molecule is CCC(Sc1cccc(NC(=O)/C(=C/c2cccnc2)NC(=O)c2ccccc2)c1)C(=O)Nc1ccccc1OC. The molecule has 0 bridgehead atoms. The lowest BCUT2D eigenvalue weighted by Crippen LogP contribution is -2.30. The largest absolute Gasteiger partial charge is 0.495 e. The molecule has 0 saturated carbocycles. The number of methoxy groups -OCH3 is 1. The van der Waals surface area contributed by atoms with Gasteiger partial charge in [0.25, 0.3) is 11.8 Å². The summed E-state index contributed by atoms with van der Waals surface area (Å²) in [5.41, 5.74) is 2.26. The van der Waals surface area contributed by atoms with Gasteiger partial charge in [-0.2, -0.15) is 0 Å². The highest BCUT2D eigenvalue weighted by molar-refractivity contribution is 8.00. The number of pyridine rings is 1. The number of hydrogen-bond acceptors (Lipinski definition) is 6. The highest BCUT2D eigenvalue weighted by Gasteiger charge is 2.20. The lowest BCUT2D eigenvalue weighted by atomic mass is 10.2. The first-order valence-electron chi connectivity index (χ1n) is 13.0. The highest BCUT2D eigenvalue weighted by atomic mass is 32.2. The summed E-state index contributed by atoms with van der Waals surface area (Å²) in [6, 6.07) is 26.7. The number of rotatable bonds is 11. The van der Waals surface area contributed by atoms with E-state index in [1.54, 1.807) is 92.3 Å². The van der Waals surface area contributed by atoms with Gasteiger partial charge in [0, 0.05) is 28.5 Å². The number of thioether (sulfide) groups is 1. The van der Waals surface area contributed by atoms with Crippen molar-refractivity contribution in [2.75, 3.05) is 17.7 Å². The molecular weight excluding hydrogens is 536 g/mol. The molecule has 0 saturated heterocycles. The Morgan fingerprint density at radius 2 is 1.71 bits per heavy atom. The molecule has 3 amide bonds. The van der Waals surface area contributed by atoms with E-state index in [1.807, 2.05) is 31.2 Å². The fraction of sp³-hybridized carbons (Fsp3) is 0.125. The van der Waals surface area contributed by atoms with Gasteiger partial charge in [0.15, 0.2) is 0 Å². The van der Waals surface area contributed by atoms with Crippen molar-refractivity contribution in [3.8, 4) is 5.75 Å². The third-order valence-electron chi connectivity index (χ3n) is 5.92. The quantitative estimate of drug-likeness (QED) is 0.152. The maximum Gasteiger partial charge on any atom is 0.272 e. The van der Waals surface area contributed by atoms with Gasteiger partial charge in [-0.3, -0.25) is 19.4 Å². The molecule has 1 unspecified atom stereocenters. The Labute approximate surface area is 243 Å². The number of amides is 3. The first kappa shape index (κ1) is 29.1. The number of benzene rings is 3. The highest BCUT2D eigenvalue weighted by Crippen LogP contribution is 2.30. The molecule has 3 N–H and O–H groups in total. The molecule has 0 spiro atoms. The Bertz CT molecular complexity index is 1530. The first-order chi connectivity index (χ1) is 20.0. The van der Waals surface area contributed by atoms with Crippen molar-refractivity contribution in [2.45, 2.75) is 23.5 Å². The van der Waals surface area contributed by atoms with Crippen LogP contribution in [0.15, 0.2) is 114 Å². The third-order valence-corrected chi connectivity index (χ3v) is 7.28. The second-order valence-electron chi connectivity index (χ2n) is 8.85. The van der Waals surface area contributed by atoms with E-state index in [-0.39, 0.29) is 16.9 Å². The molecule has 0 aliphatic rings. The summed E-state index contributed by atoms with van der Waals surface area (Å²) in [5.74, 6) is -0.477. The molecule has 8 nitrogen and oxygen atoms in total.